The van der Waals surface area contributed by atoms with E-state index in [1.54, 1.807) is 18.0 Å². The molecule has 4 heteroatoms. The van der Waals surface area contributed by atoms with Crippen LogP contribution >= 0.6 is 11.8 Å². The zero-order chi connectivity index (χ0) is 12.1. The van der Waals surface area contributed by atoms with E-state index >= 15 is 0 Å². The quantitative estimate of drug-likeness (QED) is 0.775. The van der Waals surface area contributed by atoms with Crippen molar-refractivity contribution in [3.8, 4) is 0 Å². The normalized spacial score (nSPS) is 10.2. The van der Waals surface area contributed by atoms with Crippen LogP contribution < -0.4 is 4.90 Å². The van der Waals surface area contributed by atoms with Gasteiger partial charge in [0.25, 0.3) is 0 Å². The first-order valence-corrected chi connectivity index (χ1v) is 6.41. The van der Waals surface area contributed by atoms with Crippen LogP contribution in [0.1, 0.15) is 5.56 Å². The summed E-state index contributed by atoms with van der Waals surface area (Å²) >= 11 is 1.70. The van der Waals surface area contributed by atoms with Gasteiger partial charge in [0, 0.05) is 19.8 Å². The second kappa shape index (κ2) is 5.68. The van der Waals surface area contributed by atoms with Crippen molar-refractivity contribution in [3.05, 3.63) is 48.2 Å². The predicted octanol–water partition coefficient (Wildman–Crippen LogP) is 2.83. The van der Waals surface area contributed by atoms with Crippen molar-refractivity contribution >= 4 is 17.4 Å². The van der Waals surface area contributed by atoms with Gasteiger partial charge in [-0.25, -0.2) is 0 Å². The molecule has 0 N–H and O–H groups in total. The number of benzene rings is 1. The van der Waals surface area contributed by atoms with E-state index in [1.807, 2.05) is 25.1 Å². The second-order valence-corrected chi connectivity index (χ2v) is 4.92. The van der Waals surface area contributed by atoms with Gasteiger partial charge in [-0.2, -0.15) is 5.10 Å². The van der Waals surface area contributed by atoms with Crippen LogP contribution in [0.25, 0.3) is 0 Å². The lowest BCUT2D eigenvalue weighted by Gasteiger charge is -2.11. The number of nitrogens with zero attached hydrogens (tertiary/aromatic N) is 3. The lowest BCUT2D eigenvalue weighted by atomic mass is 10.2. The number of aromatic nitrogens is 2. The summed E-state index contributed by atoms with van der Waals surface area (Å²) in [7, 11) is 4.01. The van der Waals surface area contributed by atoms with Gasteiger partial charge in [0.1, 0.15) is 5.03 Å². The third-order valence-electron chi connectivity index (χ3n) is 2.36. The van der Waals surface area contributed by atoms with Crippen LogP contribution in [0.15, 0.2) is 47.6 Å². The maximum atomic E-state index is 4.12. The van der Waals surface area contributed by atoms with E-state index in [0.29, 0.717) is 0 Å². The van der Waals surface area contributed by atoms with Crippen LogP contribution in [0.2, 0.25) is 0 Å². The van der Waals surface area contributed by atoms with E-state index in [2.05, 4.69) is 40.5 Å². The van der Waals surface area contributed by atoms with Crippen LogP contribution in [-0.2, 0) is 5.75 Å². The number of hydrogen-bond acceptors (Lipinski definition) is 4. The lowest BCUT2D eigenvalue weighted by molar-refractivity contribution is 0.915. The Morgan fingerprint density at radius 2 is 1.94 bits per heavy atom. The Balaban J connectivity index is 2.02. The highest BCUT2D eigenvalue weighted by Gasteiger charge is 2.01. The maximum absolute atomic E-state index is 4.12. The van der Waals surface area contributed by atoms with Crippen LogP contribution in [0, 0.1) is 0 Å². The fourth-order valence-corrected chi connectivity index (χ4v) is 2.20. The molecule has 0 aliphatic rings. The SMILES string of the molecule is CN(C)c1cnnc(SCc2ccccc2)c1. The van der Waals surface area contributed by atoms with Gasteiger partial charge in [-0.15, -0.1) is 5.10 Å². The standard InChI is InChI=1S/C13H15N3S/c1-16(2)12-8-13(15-14-9-12)17-10-11-6-4-3-5-7-11/h3-9H,10H2,1-2H3. The summed E-state index contributed by atoms with van der Waals surface area (Å²) in [5.41, 5.74) is 2.38. The zero-order valence-corrected chi connectivity index (χ0v) is 10.8. The Morgan fingerprint density at radius 1 is 1.18 bits per heavy atom. The smallest absolute Gasteiger partial charge is 0.121 e. The third-order valence-corrected chi connectivity index (χ3v) is 3.34. The molecule has 88 valence electrons. The van der Waals surface area contributed by atoms with Crippen molar-refractivity contribution in [3.63, 3.8) is 0 Å². The van der Waals surface area contributed by atoms with Gasteiger partial charge in [-0.05, 0) is 11.6 Å². The molecule has 1 aromatic carbocycles. The van der Waals surface area contributed by atoms with Crippen molar-refractivity contribution in [2.24, 2.45) is 0 Å². The molecule has 0 saturated heterocycles. The first kappa shape index (κ1) is 11.9. The highest BCUT2D eigenvalue weighted by molar-refractivity contribution is 7.98. The molecule has 0 atom stereocenters. The van der Waals surface area contributed by atoms with Crippen LogP contribution in [-0.4, -0.2) is 24.3 Å². The van der Waals surface area contributed by atoms with E-state index in [4.69, 9.17) is 0 Å². The van der Waals surface area contributed by atoms with E-state index in [9.17, 15) is 0 Å². The summed E-state index contributed by atoms with van der Waals surface area (Å²) in [6, 6.07) is 12.4. The third kappa shape index (κ3) is 3.46. The summed E-state index contributed by atoms with van der Waals surface area (Å²) in [5, 5.41) is 9.09. The van der Waals surface area contributed by atoms with E-state index < -0.39 is 0 Å². The van der Waals surface area contributed by atoms with Gasteiger partial charge in [0.2, 0.25) is 0 Å². The fraction of sp³-hybridized carbons (Fsp3) is 0.231. The molecule has 0 aliphatic carbocycles. The highest BCUT2D eigenvalue weighted by atomic mass is 32.2. The largest absolute Gasteiger partial charge is 0.376 e. The molecule has 1 aromatic heterocycles. The molecule has 0 unspecified atom stereocenters. The van der Waals surface area contributed by atoms with Crippen LogP contribution in [0.5, 0.6) is 0 Å². The summed E-state index contributed by atoms with van der Waals surface area (Å²) in [6.07, 6.45) is 1.77. The molecule has 3 nitrogen and oxygen atoms in total. The van der Waals surface area contributed by atoms with Crippen molar-refractivity contribution in [1.82, 2.24) is 10.2 Å². The number of hydrogen-bond donors (Lipinski definition) is 0. The molecule has 0 saturated carbocycles. The fourth-order valence-electron chi connectivity index (χ4n) is 1.38. The molecular formula is C13H15N3S. The molecule has 0 aliphatic heterocycles. The minimum absolute atomic E-state index is 0.923. The van der Waals surface area contributed by atoms with Crippen molar-refractivity contribution < 1.29 is 0 Å². The monoisotopic (exact) mass is 245 g/mol. The Labute approximate surface area is 106 Å². The summed E-state index contributed by atoms with van der Waals surface area (Å²) in [6.45, 7) is 0. The van der Waals surface area contributed by atoms with Crippen LogP contribution in [0.3, 0.4) is 0 Å². The zero-order valence-electron chi connectivity index (χ0n) is 10.00. The van der Waals surface area contributed by atoms with Crippen molar-refractivity contribution in [2.75, 3.05) is 19.0 Å². The first-order chi connectivity index (χ1) is 8.25. The Hall–Kier alpha value is -1.55. The van der Waals surface area contributed by atoms with Gasteiger partial charge in [-0.1, -0.05) is 42.1 Å². The molecule has 0 fully saturated rings. The average Bonchev–Trinajstić information content (AvgIpc) is 2.38. The van der Waals surface area contributed by atoms with E-state index in [0.717, 1.165) is 16.5 Å². The summed E-state index contributed by atoms with van der Waals surface area (Å²) in [4.78, 5) is 2.03. The van der Waals surface area contributed by atoms with Crippen molar-refractivity contribution in [2.45, 2.75) is 10.8 Å². The maximum Gasteiger partial charge on any atom is 0.121 e. The molecule has 0 bridgehead atoms. The lowest BCUT2D eigenvalue weighted by Crippen LogP contribution is -2.09. The Bertz CT molecular complexity index is 471. The molecule has 1 heterocycles. The van der Waals surface area contributed by atoms with Gasteiger partial charge < -0.3 is 4.90 Å². The molecule has 2 aromatic rings. The first-order valence-electron chi connectivity index (χ1n) is 5.42. The molecule has 0 spiro atoms. The summed E-state index contributed by atoms with van der Waals surface area (Å²) < 4.78 is 0. The Kier molecular flexibility index (Phi) is 3.98. The van der Waals surface area contributed by atoms with Gasteiger partial charge in [0.05, 0.1) is 11.9 Å². The number of rotatable bonds is 4. The molecule has 0 radical (unpaired) electrons. The Morgan fingerprint density at radius 3 is 2.65 bits per heavy atom. The van der Waals surface area contributed by atoms with Gasteiger partial charge in [0.15, 0.2) is 0 Å². The number of anilines is 1. The minimum atomic E-state index is 0.923. The highest BCUT2D eigenvalue weighted by Crippen LogP contribution is 2.22. The molecule has 17 heavy (non-hydrogen) atoms. The van der Waals surface area contributed by atoms with Gasteiger partial charge >= 0.3 is 0 Å². The summed E-state index contributed by atoms with van der Waals surface area (Å²) in [5.74, 6) is 0.923. The van der Waals surface area contributed by atoms with Crippen molar-refractivity contribution in [1.29, 1.82) is 0 Å². The van der Waals surface area contributed by atoms with E-state index in [-0.39, 0.29) is 0 Å². The number of thioether (sulfide) groups is 1. The van der Waals surface area contributed by atoms with Crippen LogP contribution in [0.4, 0.5) is 5.69 Å². The molecule has 2 rings (SSSR count). The predicted molar refractivity (Wildman–Crippen MR) is 72.4 cm³/mol. The topological polar surface area (TPSA) is 29.0 Å². The molecular weight excluding hydrogens is 230 g/mol. The van der Waals surface area contributed by atoms with Gasteiger partial charge in [-0.3, -0.25) is 0 Å². The average molecular weight is 245 g/mol. The second-order valence-electron chi connectivity index (χ2n) is 3.92. The minimum Gasteiger partial charge on any atom is -0.376 e. The molecule has 0 amide bonds. The van der Waals surface area contributed by atoms with E-state index in [1.165, 1.54) is 5.56 Å².